The largest absolute Gasteiger partial charge is 0.492 e. The Morgan fingerprint density at radius 2 is 2.04 bits per heavy atom. The molecule has 130 valence electrons. The van der Waals surface area contributed by atoms with Crippen LogP contribution in [0.25, 0.3) is 5.57 Å². The van der Waals surface area contributed by atoms with E-state index < -0.39 is 5.97 Å². The maximum absolute atomic E-state index is 13.1. The molecule has 1 aliphatic heterocycles. The molecular weight excluding hydrogens is 307 g/mol. The van der Waals surface area contributed by atoms with Crippen LogP contribution >= 0.6 is 0 Å². The molecule has 1 aromatic carbocycles. The molecule has 1 aliphatic rings. The number of aliphatic carboxylic acids is 1. The van der Waals surface area contributed by atoms with Crippen LogP contribution < -0.4 is 4.74 Å². The molecule has 2 rings (SSSR count). The number of benzene rings is 1. The molecule has 1 N–H and O–H groups in total. The van der Waals surface area contributed by atoms with Crippen molar-refractivity contribution in [3.05, 3.63) is 59.5 Å². The quantitative estimate of drug-likeness (QED) is 0.595. The number of ether oxygens (including phenoxy) is 1. The SMILES string of the molecule is C/C=C/C(C)=C/C(=O)O.CC1=CC(C)(C)COc2ccc(F)cc21. The summed E-state index contributed by atoms with van der Waals surface area (Å²) in [6, 6.07) is 4.66. The van der Waals surface area contributed by atoms with Gasteiger partial charge >= 0.3 is 5.97 Å². The first kappa shape index (κ1) is 19.7. The monoisotopic (exact) mass is 332 g/mol. The van der Waals surface area contributed by atoms with Crippen LogP contribution in [0.3, 0.4) is 0 Å². The zero-order chi connectivity index (χ0) is 18.3. The molecule has 0 fully saturated rings. The van der Waals surface area contributed by atoms with Crippen LogP contribution in [0, 0.1) is 11.2 Å². The predicted molar refractivity (Wildman–Crippen MR) is 95.5 cm³/mol. The third-order valence-corrected chi connectivity index (χ3v) is 3.35. The highest BCUT2D eigenvalue weighted by Gasteiger charge is 2.22. The minimum absolute atomic E-state index is 0.000417. The topological polar surface area (TPSA) is 46.5 Å². The van der Waals surface area contributed by atoms with Gasteiger partial charge in [0.1, 0.15) is 11.6 Å². The number of carboxylic acids is 1. The van der Waals surface area contributed by atoms with Crippen LogP contribution in [-0.2, 0) is 4.79 Å². The summed E-state index contributed by atoms with van der Waals surface area (Å²) in [7, 11) is 0. The minimum Gasteiger partial charge on any atom is -0.492 e. The molecule has 0 radical (unpaired) electrons. The first-order valence-electron chi connectivity index (χ1n) is 7.81. The second-order valence-corrected chi connectivity index (χ2v) is 6.47. The van der Waals surface area contributed by atoms with Crippen molar-refractivity contribution in [2.45, 2.75) is 34.6 Å². The van der Waals surface area contributed by atoms with Gasteiger partial charge in [-0.15, -0.1) is 0 Å². The molecule has 0 amide bonds. The van der Waals surface area contributed by atoms with E-state index in [1.54, 1.807) is 25.1 Å². The van der Waals surface area contributed by atoms with Gasteiger partial charge in [0, 0.05) is 17.1 Å². The Morgan fingerprint density at radius 3 is 2.62 bits per heavy atom. The highest BCUT2D eigenvalue weighted by molar-refractivity contribution is 5.81. The van der Waals surface area contributed by atoms with E-state index in [0.717, 1.165) is 22.5 Å². The van der Waals surface area contributed by atoms with E-state index in [2.05, 4.69) is 19.9 Å². The molecular formula is C20H25FO3. The van der Waals surface area contributed by atoms with Gasteiger partial charge in [-0.2, -0.15) is 0 Å². The molecule has 0 atom stereocenters. The fourth-order valence-corrected chi connectivity index (χ4v) is 2.41. The van der Waals surface area contributed by atoms with Crippen molar-refractivity contribution < 1.29 is 19.0 Å². The highest BCUT2D eigenvalue weighted by atomic mass is 19.1. The second kappa shape index (κ2) is 8.48. The lowest BCUT2D eigenvalue weighted by atomic mass is 9.91. The number of carbonyl (C=O) groups is 1. The van der Waals surface area contributed by atoms with E-state index in [1.165, 1.54) is 18.2 Å². The van der Waals surface area contributed by atoms with Crippen LogP contribution in [0.2, 0.25) is 0 Å². The summed E-state index contributed by atoms with van der Waals surface area (Å²) in [5, 5.41) is 8.20. The van der Waals surface area contributed by atoms with E-state index in [-0.39, 0.29) is 11.2 Å². The Kier molecular flexibility index (Phi) is 6.96. The summed E-state index contributed by atoms with van der Waals surface area (Å²) < 4.78 is 18.8. The van der Waals surface area contributed by atoms with Gasteiger partial charge in [0.05, 0.1) is 6.61 Å². The van der Waals surface area contributed by atoms with Crippen molar-refractivity contribution in [3.63, 3.8) is 0 Å². The Bertz CT molecular complexity index is 682. The van der Waals surface area contributed by atoms with Gasteiger partial charge < -0.3 is 9.84 Å². The molecule has 0 bridgehead atoms. The molecule has 24 heavy (non-hydrogen) atoms. The van der Waals surface area contributed by atoms with Gasteiger partial charge in [-0.1, -0.05) is 32.1 Å². The van der Waals surface area contributed by atoms with E-state index in [4.69, 9.17) is 9.84 Å². The molecule has 3 nitrogen and oxygen atoms in total. The van der Waals surface area contributed by atoms with Crippen molar-refractivity contribution >= 4 is 11.5 Å². The lowest BCUT2D eigenvalue weighted by Crippen LogP contribution is -2.17. The summed E-state index contributed by atoms with van der Waals surface area (Å²) in [4.78, 5) is 9.97. The lowest BCUT2D eigenvalue weighted by molar-refractivity contribution is -0.131. The van der Waals surface area contributed by atoms with E-state index in [9.17, 15) is 9.18 Å². The number of rotatable bonds is 2. The molecule has 0 aliphatic carbocycles. The molecule has 0 spiro atoms. The van der Waals surface area contributed by atoms with Gasteiger partial charge in [-0.3, -0.25) is 0 Å². The molecule has 4 heteroatoms. The first-order valence-corrected chi connectivity index (χ1v) is 7.81. The fourth-order valence-electron chi connectivity index (χ4n) is 2.41. The Balaban J connectivity index is 0.000000277. The maximum atomic E-state index is 13.1. The van der Waals surface area contributed by atoms with Crippen molar-refractivity contribution in [2.75, 3.05) is 6.61 Å². The third-order valence-electron chi connectivity index (χ3n) is 3.35. The molecule has 0 saturated heterocycles. The van der Waals surface area contributed by atoms with E-state index >= 15 is 0 Å². The van der Waals surface area contributed by atoms with Crippen molar-refractivity contribution in [1.29, 1.82) is 0 Å². The standard InChI is InChI=1S/C13H15FO.C7H10O2/c1-9-7-13(2,3)8-15-12-5-4-10(14)6-11(9)12;1-3-4-6(2)5-7(8)9/h4-7H,8H2,1-3H3;3-5H,1-2H3,(H,8,9)/b;4-3+,6-5+. The maximum Gasteiger partial charge on any atom is 0.328 e. The van der Waals surface area contributed by atoms with Crippen LogP contribution in [0.5, 0.6) is 5.75 Å². The highest BCUT2D eigenvalue weighted by Crippen LogP contribution is 2.34. The molecule has 0 unspecified atom stereocenters. The third kappa shape index (κ3) is 6.41. The number of carboxylic acid groups (broad SMARTS) is 1. The minimum atomic E-state index is -0.898. The van der Waals surface area contributed by atoms with Crippen molar-refractivity contribution in [2.24, 2.45) is 5.41 Å². The Hall–Kier alpha value is -2.36. The van der Waals surface area contributed by atoms with Crippen LogP contribution in [0.15, 0.2) is 48.1 Å². The predicted octanol–water partition coefficient (Wildman–Crippen LogP) is 5.24. The summed E-state index contributed by atoms with van der Waals surface area (Å²) in [6.45, 7) is 10.4. The van der Waals surface area contributed by atoms with Crippen LogP contribution in [0.1, 0.15) is 40.2 Å². The van der Waals surface area contributed by atoms with Gasteiger partial charge in [0.25, 0.3) is 0 Å². The van der Waals surface area contributed by atoms with E-state index in [1.807, 2.05) is 13.8 Å². The van der Waals surface area contributed by atoms with E-state index in [0.29, 0.717) is 6.61 Å². The van der Waals surface area contributed by atoms with Crippen LogP contribution in [0.4, 0.5) is 4.39 Å². The lowest BCUT2D eigenvalue weighted by Gasteiger charge is -2.18. The van der Waals surface area contributed by atoms with Gasteiger partial charge in [-0.25, -0.2) is 9.18 Å². The number of allylic oxidation sites excluding steroid dienone is 4. The number of halogens is 1. The summed E-state index contributed by atoms with van der Waals surface area (Å²) in [5.74, 6) is -0.342. The molecule has 1 heterocycles. The number of fused-ring (bicyclic) bond motifs is 1. The number of hydrogen-bond acceptors (Lipinski definition) is 2. The second-order valence-electron chi connectivity index (χ2n) is 6.47. The van der Waals surface area contributed by atoms with Crippen molar-refractivity contribution in [3.8, 4) is 5.75 Å². The fraction of sp³-hybridized carbons (Fsp3) is 0.350. The van der Waals surface area contributed by atoms with Gasteiger partial charge in [0.15, 0.2) is 0 Å². The first-order chi connectivity index (χ1) is 11.1. The zero-order valence-electron chi connectivity index (χ0n) is 14.9. The van der Waals surface area contributed by atoms with Crippen LogP contribution in [-0.4, -0.2) is 17.7 Å². The van der Waals surface area contributed by atoms with Gasteiger partial charge in [0.2, 0.25) is 0 Å². The average Bonchev–Trinajstić information content (AvgIpc) is 2.55. The van der Waals surface area contributed by atoms with Gasteiger partial charge in [-0.05, 0) is 50.1 Å². The summed E-state index contributed by atoms with van der Waals surface area (Å²) in [5.41, 5.74) is 2.69. The number of hydrogen-bond donors (Lipinski definition) is 1. The molecule has 1 aromatic rings. The Labute approximate surface area is 143 Å². The zero-order valence-corrected chi connectivity index (χ0v) is 14.9. The molecule has 0 saturated carbocycles. The summed E-state index contributed by atoms with van der Waals surface area (Å²) in [6.07, 6.45) is 6.85. The van der Waals surface area contributed by atoms with Crippen molar-refractivity contribution in [1.82, 2.24) is 0 Å². The molecule has 0 aromatic heterocycles. The smallest absolute Gasteiger partial charge is 0.328 e. The Morgan fingerprint density at radius 1 is 1.38 bits per heavy atom. The average molecular weight is 332 g/mol. The summed E-state index contributed by atoms with van der Waals surface area (Å²) >= 11 is 0. The normalized spacial score (nSPS) is 16.2.